The average Bonchev–Trinajstić information content (AvgIpc) is 2.53. The van der Waals surface area contributed by atoms with E-state index in [2.05, 4.69) is 10.5 Å². The molecule has 0 radical (unpaired) electrons. The minimum atomic E-state index is -0.678. The van der Waals surface area contributed by atoms with Crippen molar-refractivity contribution in [1.29, 1.82) is 0 Å². The molecule has 1 aliphatic rings. The summed E-state index contributed by atoms with van der Waals surface area (Å²) in [7, 11) is 0. The van der Waals surface area contributed by atoms with E-state index in [9.17, 15) is 20.2 Å². The number of nitro benzene ring substituents is 2. The largest absolute Gasteiger partial charge is 0.301 e. The summed E-state index contributed by atoms with van der Waals surface area (Å²) in [5.74, 6) is 0. The van der Waals surface area contributed by atoms with E-state index in [-0.39, 0.29) is 17.1 Å². The van der Waals surface area contributed by atoms with Gasteiger partial charge in [-0.3, -0.25) is 25.7 Å². The smallest absolute Gasteiger partial charge is 0.271 e. The van der Waals surface area contributed by atoms with Crippen LogP contribution in [0, 0.1) is 20.2 Å². The van der Waals surface area contributed by atoms with Crippen LogP contribution in [0.5, 0.6) is 0 Å². The van der Waals surface area contributed by atoms with Crippen LogP contribution in [-0.4, -0.2) is 15.6 Å². The number of anilines is 1. The molecule has 0 saturated carbocycles. The molecule has 0 unspecified atom stereocenters. The standard InChI is InChI=1S/C14H14N4O4/c1-10(11-5-3-2-4-6-11)15-16-13-8-7-12(17(19)20)9-14(13)18(21)22/h2-3,5,7-9,16H,4,6H2,1H3. The van der Waals surface area contributed by atoms with Gasteiger partial charge in [0.1, 0.15) is 5.69 Å². The maximum Gasteiger partial charge on any atom is 0.301 e. The van der Waals surface area contributed by atoms with Crippen LogP contribution >= 0.6 is 0 Å². The molecular formula is C14H14N4O4. The third-order valence-corrected chi connectivity index (χ3v) is 3.21. The van der Waals surface area contributed by atoms with Gasteiger partial charge >= 0.3 is 5.69 Å². The van der Waals surface area contributed by atoms with Crippen molar-refractivity contribution in [3.05, 3.63) is 62.2 Å². The zero-order chi connectivity index (χ0) is 16.1. The van der Waals surface area contributed by atoms with Gasteiger partial charge in [0.2, 0.25) is 0 Å². The molecule has 114 valence electrons. The molecule has 2 rings (SSSR count). The second-order valence-corrected chi connectivity index (χ2v) is 4.68. The zero-order valence-corrected chi connectivity index (χ0v) is 11.9. The van der Waals surface area contributed by atoms with Crippen LogP contribution in [0.3, 0.4) is 0 Å². The highest BCUT2D eigenvalue weighted by Gasteiger charge is 2.19. The van der Waals surface area contributed by atoms with Gasteiger partial charge in [0, 0.05) is 6.07 Å². The first-order valence-corrected chi connectivity index (χ1v) is 6.58. The van der Waals surface area contributed by atoms with Crippen LogP contribution in [0.1, 0.15) is 19.8 Å². The normalized spacial score (nSPS) is 14.4. The van der Waals surface area contributed by atoms with Crippen molar-refractivity contribution in [3.8, 4) is 0 Å². The van der Waals surface area contributed by atoms with Crippen molar-refractivity contribution in [2.24, 2.45) is 5.10 Å². The van der Waals surface area contributed by atoms with Crippen LogP contribution in [0.25, 0.3) is 0 Å². The lowest BCUT2D eigenvalue weighted by atomic mass is 10.0. The van der Waals surface area contributed by atoms with Gasteiger partial charge in [-0.15, -0.1) is 0 Å². The summed E-state index contributed by atoms with van der Waals surface area (Å²) in [6, 6.07) is 3.39. The number of nitrogens with zero attached hydrogens (tertiary/aromatic N) is 3. The second-order valence-electron chi connectivity index (χ2n) is 4.68. The van der Waals surface area contributed by atoms with Crippen molar-refractivity contribution >= 4 is 22.8 Å². The molecule has 0 heterocycles. The average molecular weight is 302 g/mol. The molecule has 1 aromatic rings. The van der Waals surface area contributed by atoms with Gasteiger partial charge in [0.25, 0.3) is 5.69 Å². The molecule has 0 saturated heterocycles. The first-order valence-electron chi connectivity index (χ1n) is 6.58. The number of nitro groups is 2. The lowest BCUT2D eigenvalue weighted by Gasteiger charge is -2.09. The fourth-order valence-corrected chi connectivity index (χ4v) is 2.00. The first kappa shape index (κ1) is 15.4. The van der Waals surface area contributed by atoms with E-state index in [1.54, 1.807) is 6.92 Å². The summed E-state index contributed by atoms with van der Waals surface area (Å²) in [6.45, 7) is 1.80. The molecular weight excluding hydrogens is 288 g/mol. The number of allylic oxidation sites excluding steroid dienone is 4. The minimum absolute atomic E-state index is 0.113. The summed E-state index contributed by atoms with van der Waals surface area (Å²) >= 11 is 0. The fourth-order valence-electron chi connectivity index (χ4n) is 2.00. The predicted octanol–water partition coefficient (Wildman–Crippen LogP) is 3.57. The van der Waals surface area contributed by atoms with E-state index in [0.29, 0.717) is 0 Å². The molecule has 0 aliphatic heterocycles. The summed E-state index contributed by atoms with van der Waals surface area (Å²) in [5.41, 5.74) is 3.77. The Hall–Kier alpha value is -3.03. The highest BCUT2D eigenvalue weighted by molar-refractivity contribution is 5.99. The Morgan fingerprint density at radius 1 is 1.27 bits per heavy atom. The zero-order valence-electron chi connectivity index (χ0n) is 11.9. The van der Waals surface area contributed by atoms with Gasteiger partial charge in [0.05, 0.1) is 21.6 Å². The number of hydrazone groups is 1. The van der Waals surface area contributed by atoms with Crippen molar-refractivity contribution in [3.63, 3.8) is 0 Å². The molecule has 1 aromatic carbocycles. The van der Waals surface area contributed by atoms with Gasteiger partial charge in [-0.2, -0.15) is 5.10 Å². The minimum Gasteiger partial charge on any atom is -0.271 e. The number of nitrogens with one attached hydrogen (secondary N) is 1. The topological polar surface area (TPSA) is 111 Å². The van der Waals surface area contributed by atoms with Crippen LogP contribution < -0.4 is 5.43 Å². The summed E-state index contributed by atoms with van der Waals surface area (Å²) in [6.07, 6.45) is 7.71. The monoisotopic (exact) mass is 302 g/mol. The van der Waals surface area contributed by atoms with Crippen LogP contribution in [0.4, 0.5) is 17.1 Å². The second kappa shape index (κ2) is 6.61. The summed E-state index contributed by atoms with van der Waals surface area (Å²) in [5, 5.41) is 25.8. The van der Waals surface area contributed by atoms with Crippen LogP contribution in [-0.2, 0) is 0 Å². The molecule has 1 N–H and O–H groups in total. The maximum absolute atomic E-state index is 11.0. The van der Waals surface area contributed by atoms with Crippen molar-refractivity contribution in [2.75, 3.05) is 5.43 Å². The third-order valence-electron chi connectivity index (χ3n) is 3.21. The Morgan fingerprint density at radius 3 is 2.64 bits per heavy atom. The Balaban J connectivity index is 2.25. The highest BCUT2D eigenvalue weighted by atomic mass is 16.6. The number of benzene rings is 1. The van der Waals surface area contributed by atoms with Crippen molar-refractivity contribution in [1.82, 2.24) is 0 Å². The number of rotatable bonds is 5. The van der Waals surface area contributed by atoms with Crippen LogP contribution in [0.15, 0.2) is 47.1 Å². The number of hydrogen-bond acceptors (Lipinski definition) is 6. The molecule has 8 heteroatoms. The van der Waals surface area contributed by atoms with Gasteiger partial charge in [-0.1, -0.05) is 18.2 Å². The summed E-state index contributed by atoms with van der Waals surface area (Å²) in [4.78, 5) is 20.3. The molecule has 8 nitrogen and oxygen atoms in total. The maximum atomic E-state index is 11.0. The van der Waals surface area contributed by atoms with Gasteiger partial charge in [-0.05, 0) is 31.4 Å². The SMILES string of the molecule is CC(=NNc1ccc([N+](=O)[O-])cc1[N+](=O)[O-])C1=CC=CCC1. The molecule has 0 atom stereocenters. The third kappa shape index (κ3) is 3.54. The molecule has 0 bridgehead atoms. The van der Waals surface area contributed by atoms with Crippen molar-refractivity contribution < 1.29 is 9.85 Å². The van der Waals surface area contributed by atoms with Crippen molar-refractivity contribution in [2.45, 2.75) is 19.8 Å². The van der Waals surface area contributed by atoms with E-state index in [1.165, 1.54) is 12.1 Å². The van der Waals surface area contributed by atoms with E-state index < -0.39 is 9.85 Å². The molecule has 0 aromatic heterocycles. The van der Waals surface area contributed by atoms with Crippen LogP contribution in [0.2, 0.25) is 0 Å². The number of non-ortho nitro benzene ring substituents is 1. The van der Waals surface area contributed by atoms with Gasteiger partial charge < -0.3 is 0 Å². The van der Waals surface area contributed by atoms with E-state index in [0.717, 1.165) is 30.2 Å². The predicted molar refractivity (Wildman–Crippen MR) is 82.9 cm³/mol. The highest BCUT2D eigenvalue weighted by Crippen LogP contribution is 2.29. The Morgan fingerprint density at radius 2 is 2.05 bits per heavy atom. The Kier molecular flexibility index (Phi) is 4.62. The molecule has 0 fully saturated rings. The molecule has 0 amide bonds. The van der Waals surface area contributed by atoms with E-state index in [4.69, 9.17) is 0 Å². The number of hydrogen-bond donors (Lipinski definition) is 1. The quantitative estimate of drug-likeness (QED) is 0.507. The summed E-state index contributed by atoms with van der Waals surface area (Å²) < 4.78 is 0. The first-order chi connectivity index (χ1) is 10.5. The lowest BCUT2D eigenvalue weighted by molar-refractivity contribution is -0.393. The lowest BCUT2D eigenvalue weighted by Crippen LogP contribution is -2.04. The fraction of sp³-hybridized carbons (Fsp3) is 0.214. The van der Waals surface area contributed by atoms with E-state index in [1.807, 2.05) is 18.2 Å². The molecule has 22 heavy (non-hydrogen) atoms. The van der Waals surface area contributed by atoms with Gasteiger partial charge in [-0.25, -0.2) is 0 Å². The van der Waals surface area contributed by atoms with Gasteiger partial charge in [0.15, 0.2) is 0 Å². The Labute approximate surface area is 126 Å². The Bertz CT molecular complexity index is 707. The molecule has 0 spiro atoms. The molecule has 1 aliphatic carbocycles. The van der Waals surface area contributed by atoms with E-state index >= 15 is 0 Å².